The van der Waals surface area contributed by atoms with E-state index in [2.05, 4.69) is 16.9 Å². The third-order valence-electron chi connectivity index (χ3n) is 1.34. The van der Waals surface area contributed by atoms with Crippen LogP contribution in [0.5, 0.6) is 11.9 Å². The van der Waals surface area contributed by atoms with Gasteiger partial charge in [-0.2, -0.15) is 9.97 Å². The number of thioether (sulfide) groups is 1. The highest BCUT2D eigenvalue weighted by Gasteiger charge is 2.04. The predicted octanol–water partition coefficient (Wildman–Crippen LogP) is 1.61. The largest absolute Gasteiger partial charge is 0.481 e. The second kappa shape index (κ2) is 4.91. The summed E-state index contributed by atoms with van der Waals surface area (Å²) in [6.45, 7) is 2.06. The Hall–Kier alpha value is -0.970. The molecule has 1 heterocycles. The normalized spacial score (nSPS) is 9.77. The molecular weight excluding hydrogens is 188 g/mol. The maximum Gasteiger partial charge on any atom is 0.320 e. The molecule has 0 saturated heterocycles. The molecule has 0 aromatic carbocycles. The molecule has 13 heavy (non-hydrogen) atoms. The van der Waals surface area contributed by atoms with Gasteiger partial charge < -0.3 is 9.47 Å². The summed E-state index contributed by atoms with van der Waals surface area (Å²) in [5.41, 5.74) is 0. The van der Waals surface area contributed by atoms with Crippen molar-refractivity contribution in [2.75, 3.05) is 20.0 Å². The van der Waals surface area contributed by atoms with Gasteiger partial charge in [-0.15, -0.1) is 11.8 Å². The van der Waals surface area contributed by atoms with Gasteiger partial charge in [0.05, 0.1) is 14.2 Å². The van der Waals surface area contributed by atoms with Crippen LogP contribution < -0.4 is 9.47 Å². The smallest absolute Gasteiger partial charge is 0.320 e. The monoisotopic (exact) mass is 200 g/mol. The molecule has 1 aromatic rings. The summed E-state index contributed by atoms with van der Waals surface area (Å²) in [5.74, 6) is 1.49. The lowest BCUT2D eigenvalue weighted by atomic mass is 10.6. The molecule has 4 nitrogen and oxygen atoms in total. The molecule has 0 radical (unpaired) electrons. The van der Waals surface area contributed by atoms with E-state index >= 15 is 0 Å². The zero-order valence-electron chi connectivity index (χ0n) is 7.90. The van der Waals surface area contributed by atoms with Crippen LogP contribution in [0.3, 0.4) is 0 Å². The molecule has 0 aliphatic heterocycles. The first-order valence-corrected chi connectivity index (χ1v) is 4.88. The van der Waals surface area contributed by atoms with E-state index in [1.165, 1.54) is 7.11 Å². The lowest BCUT2D eigenvalue weighted by molar-refractivity contribution is 0.347. The molecule has 5 heteroatoms. The summed E-state index contributed by atoms with van der Waals surface area (Å²) in [4.78, 5) is 8.12. The minimum absolute atomic E-state index is 0.343. The van der Waals surface area contributed by atoms with Crippen LogP contribution in [0.2, 0.25) is 0 Å². The van der Waals surface area contributed by atoms with E-state index in [4.69, 9.17) is 9.47 Å². The predicted molar refractivity (Wildman–Crippen MR) is 51.5 cm³/mol. The Morgan fingerprint density at radius 3 is 2.62 bits per heavy atom. The summed E-state index contributed by atoms with van der Waals surface area (Å²) in [6, 6.07) is 2.13. The van der Waals surface area contributed by atoms with Gasteiger partial charge >= 0.3 is 6.01 Å². The van der Waals surface area contributed by atoms with Crippen molar-refractivity contribution in [2.45, 2.75) is 11.9 Å². The van der Waals surface area contributed by atoms with E-state index in [-0.39, 0.29) is 0 Å². The molecule has 1 rings (SSSR count). The molecule has 0 aliphatic carbocycles. The van der Waals surface area contributed by atoms with Gasteiger partial charge in [-0.1, -0.05) is 6.92 Å². The van der Waals surface area contributed by atoms with E-state index in [0.29, 0.717) is 11.9 Å². The van der Waals surface area contributed by atoms with Gasteiger partial charge in [0.25, 0.3) is 0 Å². The number of hydrogen-bond donors (Lipinski definition) is 0. The molecule has 0 bridgehead atoms. The van der Waals surface area contributed by atoms with E-state index in [1.54, 1.807) is 24.9 Å². The first kappa shape index (κ1) is 10.1. The summed E-state index contributed by atoms with van der Waals surface area (Å²) >= 11 is 1.62. The van der Waals surface area contributed by atoms with Crippen LogP contribution in [-0.4, -0.2) is 29.9 Å². The molecule has 1 aromatic heterocycles. The van der Waals surface area contributed by atoms with E-state index in [9.17, 15) is 0 Å². The minimum Gasteiger partial charge on any atom is -0.481 e. The van der Waals surface area contributed by atoms with Gasteiger partial charge in [0.15, 0.2) is 0 Å². The zero-order chi connectivity index (χ0) is 9.68. The van der Waals surface area contributed by atoms with Gasteiger partial charge in [-0.05, 0) is 5.75 Å². The Kier molecular flexibility index (Phi) is 3.82. The molecule has 0 atom stereocenters. The van der Waals surface area contributed by atoms with Crippen molar-refractivity contribution in [1.82, 2.24) is 9.97 Å². The van der Waals surface area contributed by atoms with Crippen LogP contribution >= 0.6 is 11.8 Å². The quantitative estimate of drug-likeness (QED) is 0.545. The Labute approximate surface area is 81.7 Å². The summed E-state index contributed by atoms with van der Waals surface area (Å²) < 4.78 is 9.93. The van der Waals surface area contributed by atoms with Crippen molar-refractivity contribution in [3.63, 3.8) is 0 Å². The lowest BCUT2D eigenvalue weighted by Crippen LogP contribution is -1.96. The average molecular weight is 200 g/mol. The van der Waals surface area contributed by atoms with Crippen molar-refractivity contribution >= 4 is 11.8 Å². The van der Waals surface area contributed by atoms with Gasteiger partial charge in [-0.3, -0.25) is 0 Å². The standard InChI is InChI=1S/C8H12N2O2S/c1-4-13-7-5-6(11-2)9-8(10-7)12-3/h5H,4H2,1-3H3. The maximum atomic E-state index is 5.00. The number of aromatic nitrogens is 2. The second-order valence-corrected chi connectivity index (χ2v) is 3.45. The SMILES string of the molecule is CCSc1cc(OC)nc(OC)n1. The molecule has 0 fully saturated rings. The van der Waals surface area contributed by atoms with E-state index in [0.717, 1.165) is 10.8 Å². The zero-order valence-corrected chi connectivity index (χ0v) is 8.72. The highest BCUT2D eigenvalue weighted by Crippen LogP contribution is 2.21. The molecular formula is C8H12N2O2S. The van der Waals surface area contributed by atoms with Gasteiger partial charge in [0.2, 0.25) is 5.88 Å². The Morgan fingerprint density at radius 1 is 1.31 bits per heavy atom. The van der Waals surface area contributed by atoms with Crippen LogP contribution in [0.1, 0.15) is 6.92 Å². The third-order valence-corrected chi connectivity index (χ3v) is 2.14. The van der Waals surface area contributed by atoms with E-state index < -0.39 is 0 Å². The van der Waals surface area contributed by atoms with Crippen LogP contribution in [0, 0.1) is 0 Å². The Bertz CT molecular complexity index is 259. The number of nitrogens with zero attached hydrogens (tertiary/aromatic N) is 2. The number of methoxy groups -OCH3 is 2. The molecule has 0 amide bonds. The molecule has 0 saturated carbocycles. The second-order valence-electron chi connectivity index (χ2n) is 2.17. The van der Waals surface area contributed by atoms with Crippen molar-refractivity contribution in [3.8, 4) is 11.9 Å². The summed E-state index contributed by atoms with van der Waals surface area (Å²) in [7, 11) is 3.11. The fourth-order valence-electron chi connectivity index (χ4n) is 0.801. The third kappa shape index (κ3) is 2.77. The molecule has 0 spiro atoms. The average Bonchev–Trinajstić information content (AvgIpc) is 2.17. The van der Waals surface area contributed by atoms with E-state index in [1.807, 2.05) is 0 Å². The fraction of sp³-hybridized carbons (Fsp3) is 0.500. The van der Waals surface area contributed by atoms with Crippen molar-refractivity contribution in [2.24, 2.45) is 0 Å². The summed E-state index contributed by atoms with van der Waals surface area (Å²) in [5, 5.41) is 0.867. The molecule has 0 aliphatic rings. The maximum absolute atomic E-state index is 5.00. The molecule has 0 unspecified atom stereocenters. The highest BCUT2D eigenvalue weighted by atomic mass is 32.2. The Morgan fingerprint density at radius 2 is 2.08 bits per heavy atom. The lowest BCUT2D eigenvalue weighted by Gasteiger charge is -2.04. The molecule has 72 valence electrons. The van der Waals surface area contributed by atoms with Crippen LogP contribution in [0.4, 0.5) is 0 Å². The van der Waals surface area contributed by atoms with Gasteiger partial charge in [0, 0.05) is 6.07 Å². The fourth-order valence-corrected chi connectivity index (χ4v) is 1.42. The minimum atomic E-state index is 0.343. The first-order chi connectivity index (χ1) is 6.30. The van der Waals surface area contributed by atoms with Crippen LogP contribution in [0.25, 0.3) is 0 Å². The van der Waals surface area contributed by atoms with Crippen LogP contribution in [0.15, 0.2) is 11.1 Å². The Balaban J connectivity index is 2.93. The van der Waals surface area contributed by atoms with Crippen LogP contribution in [-0.2, 0) is 0 Å². The van der Waals surface area contributed by atoms with Gasteiger partial charge in [-0.25, -0.2) is 0 Å². The van der Waals surface area contributed by atoms with Crippen molar-refractivity contribution < 1.29 is 9.47 Å². The number of hydrogen-bond acceptors (Lipinski definition) is 5. The van der Waals surface area contributed by atoms with Crippen molar-refractivity contribution in [1.29, 1.82) is 0 Å². The first-order valence-electron chi connectivity index (χ1n) is 3.90. The molecule has 0 N–H and O–H groups in total. The number of rotatable bonds is 4. The summed E-state index contributed by atoms with van der Waals surface area (Å²) in [6.07, 6.45) is 0. The van der Waals surface area contributed by atoms with Crippen molar-refractivity contribution in [3.05, 3.63) is 6.07 Å². The number of ether oxygens (including phenoxy) is 2. The topological polar surface area (TPSA) is 44.2 Å². The highest BCUT2D eigenvalue weighted by molar-refractivity contribution is 7.99. The van der Waals surface area contributed by atoms with Gasteiger partial charge in [0.1, 0.15) is 5.03 Å².